The van der Waals surface area contributed by atoms with Crippen LogP contribution in [0.3, 0.4) is 0 Å². The van der Waals surface area contributed by atoms with Crippen molar-refractivity contribution in [1.29, 1.82) is 0 Å². The van der Waals surface area contributed by atoms with Crippen LogP contribution in [-0.2, 0) is 4.79 Å². The predicted molar refractivity (Wildman–Crippen MR) is 83.3 cm³/mol. The molecule has 1 aromatic heterocycles. The minimum atomic E-state index is -0.411. The SMILES string of the molecule is CCCOc1cccc2c1nc(N)n2C(C)C(=O)N(C)C. The van der Waals surface area contributed by atoms with E-state index in [4.69, 9.17) is 10.5 Å². The molecule has 1 amide bonds. The van der Waals surface area contributed by atoms with Crippen molar-refractivity contribution in [3.63, 3.8) is 0 Å². The van der Waals surface area contributed by atoms with Gasteiger partial charge in [-0.15, -0.1) is 0 Å². The Morgan fingerprint density at radius 1 is 1.48 bits per heavy atom. The van der Waals surface area contributed by atoms with E-state index in [0.29, 0.717) is 23.8 Å². The smallest absolute Gasteiger partial charge is 0.244 e. The van der Waals surface area contributed by atoms with E-state index in [0.717, 1.165) is 11.9 Å². The highest BCUT2D eigenvalue weighted by molar-refractivity contribution is 5.88. The molecule has 1 aromatic carbocycles. The second kappa shape index (κ2) is 6.03. The van der Waals surface area contributed by atoms with Crippen LogP contribution in [0.5, 0.6) is 5.75 Å². The van der Waals surface area contributed by atoms with Gasteiger partial charge in [-0.1, -0.05) is 13.0 Å². The molecule has 2 rings (SSSR count). The molecule has 114 valence electrons. The number of amides is 1. The van der Waals surface area contributed by atoms with Gasteiger partial charge in [-0.25, -0.2) is 4.98 Å². The molecular formula is C15H22N4O2. The number of hydrogen-bond acceptors (Lipinski definition) is 4. The van der Waals surface area contributed by atoms with Crippen molar-refractivity contribution in [1.82, 2.24) is 14.5 Å². The number of hydrogen-bond donors (Lipinski definition) is 1. The maximum Gasteiger partial charge on any atom is 0.244 e. The molecular weight excluding hydrogens is 268 g/mol. The third-order valence-corrected chi connectivity index (χ3v) is 3.36. The van der Waals surface area contributed by atoms with Crippen molar-refractivity contribution >= 4 is 22.9 Å². The number of likely N-dealkylation sites (N-methyl/N-ethyl adjacent to an activating group) is 1. The topological polar surface area (TPSA) is 73.4 Å². The number of rotatable bonds is 5. The van der Waals surface area contributed by atoms with Gasteiger partial charge in [-0.3, -0.25) is 9.36 Å². The van der Waals surface area contributed by atoms with Crippen molar-refractivity contribution in [3.05, 3.63) is 18.2 Å². The summed E-state index contributed by atoms with van der Waals surface area (Å²) in [5.74, 6) is 0.991. The lowest BCUT2D eigenvalue weighted by Gasteiger charge is -2.19. The maximum absolute atomic E-state index is 12.2. The molecule has 0 fully saturated rings. The average molecular weight is 290 g/mol. The van der Waals surface area contributed by atoms with E-state index in [9.17, 15) is 4.79 Å². The van der Waals surface area contributed by atoms with Crippen LogP contribution >= 0.6 is 0 Å². The Bertz CT molecular complexity index is 648. The summed E-state index contributed by atoms with van der Waals surface area (Å²) in [7, 11) is 3.45. The number of nitrogens with zero attached hydrogens (tertiary/aromatic N) is 3. The summed E-state index contributed by atoms with van der Waals surface area (Å²) >= 11 is 0. The Balaban J connectivity index is 2.50. The van der Waals surface area contributed by atoms with Crippen LogP contribution in [0.15, 0.2) is 18.2 Å². The first-order chi connectivity index (χ1) is 9.97. The molecule has 0 radical (unpaired) electrons. The van der Waals surface area contributed by atoms with E-state index in [2.05, 4.69) is 4.98 Å². The summed E-state index contributed by atoms with van der Waals surface area (Å²) < 4.78 is 7.44. The molecule has 21 heavy (non-hydrogen) atoms. The summed E-state index contributed by atoms with van der Waals surface area (Å²) in [6.45, 7) is 4.49. The largest absolute Gasteiger partial charge is 0.491 e. The fourth-order valence-corrected chi connectivity index (χ4v) is 2.33. The number of ether oxygens (including phenoxy) is 1. The van der Waals surface area contributed by atoms with E-state index in [1.54, 1.807) is 23.6 Å². The Hall–Kier alpha value is -2.24. The van der Waals surface area contributed by atoms with Gasteiger partial charge in [0.25, 0.3) is 0 Å². The van der Waals surface area contributed by atoms with Gasteiger partial charge in [-0.05, 0) is 25.5 Å². The molecule has 0 spiro atoms. The summed E-state index contributed by atoms with van der Waals surface area (Å²) in [4.78, 5) is 18.1. The van der Waals surface area contributed by atoms with Crippen LogP contribution in [0.4, 0.5) is 5.95 Å². The zero-order valence-corrected chi connectivity index (χ0v) is 13.0. The quantitative estimate of drug-likeness (QED) is 0.914. The number of benzene rings is 1. The monoisotopic (exact) mass is 290 g/mol. The average Bonchev–Trinajstić information content (AvgIpc) is 2.79. The van der Waals surface area contributed by atoms with Crippen LogP contribution in [-0.4, -0.2) is 41.1 Å². The van der Waals surface area contributed by atoms with Crippen LogP contribution in [0.2, 0.25) is 0 Å². The summed E-state index contributed by atoms with van der Waals surface area (Å²) in [5, 5.41) is 0. The van der Waals surface area contributed by atoms with Crippen molar-refractivity contribution in [3.8, 4) is 5.75 Å². The Morgan fingerprint density at radius 2 is 2.19 bits per heavy atom. The Kier molecular flexibility index (Phi) is 4.35. The molecule has 0 saturated carbocycles. The number of fused-ring (bicyclic) bond motifs is 1. The van der Waals surface area contributed by atoms with Crippen molar-refractivity contribution in [2.45, 2.75) is 26.3 Å². The van der Waals surface area contributed by atoms with Gasteiger partial charge in [0.15, 0.2) is 0 Å². The molecule has 0 aliphatic carbocycles. The normalized spacial score (nSPS) is 12.4. The fourth-order valence-electron chi connectivity index (χ4n) is 2.33. The summed E-state index contributed by atoms with van der Waals surface area (Å²) in [5.41, 5.74) is 7.52. The molecule has 1 atom stereocenters. The number of para-hydroxylation sites is 1. The van der Waals surface area contributed by atoms with Gasteiger partial charge >= 0.3 is 0 Å². The second-order valence-electron chi connectivity index (χ2n) is 5.22. The number of aromatic nitrogens is 2. The lowest BCUT2D eigenvalue weighted by molar-refractivity contribution is -0.131. The molecule has 0 saturated heterocycles. The standard InChI is InChI=1S/C15H22N4O2/c1-5-9-21-12-8-6-7-11-13(12)17-15(16)19(11)10(2)14(20)18(3)4/h6-8,10H,5,9H2,1-4H3,(H2,16,17). The molecule has 2 aromatic rings. The fraction of sp³-hybridized carbons (Fsp3) is 0.467. The van der Waals surface area contributed by atoms with Gasteiger partial charge in [0.2, 0.25) is 11.9 Å². The highest BCUT2D eigenvalue weighted by Gasteiger charge is 2.22. The number of imidazole rings is 1. The van der Waals surface area contributed by atoms with Gasteiger partial charge < -0.3 is 15.4 Å². The zero-order valence-electron chi connectivity index (χ0n) is 13.0. The van der Waals surface area contributed by atoms with Gasteiger partial charge in [0.1, 0.15) is 17.3 Å². The number of nitrogens with two attached hydrogens (primary N) is 1. The van der Waals surface area contributed by atoms with Gasteiger partial charge in [0.05, 0.1) is 12.1 Å². The highest BCUT2D eigenvalue weighted by Crippen LogP contribution is 2.30. The van der Waals surface area contributed by atoms with Crippen molar-refractivity contribution in [2.24, 2.45) is 0 Å². The number of carbonyl (C=O) groups is 1. The van der Waals surface area contributed by atoms with E-state index in [-0.39, 0.29) is 5.91 Å². The molecule has 6 heteroatoms. The lowest BCUT2D eigenvalue weighted by Crippen LogP contribution is -2.30. The lowest BCUT2D eigenvalue weighted by atomic mass is 10.2. The summed E-state index contributed by atoms with van der Waals surface area (Å²) in [6.07, 6.45) is 0.919. The minimum absolute atomic E-state index is 0.0270. The highest BCUT2D eigenvalue weighted by atomic mass is 16.5. The molecule has 0 bridgehead atoms. The van der Waals surface area contributed by atoms with E-state index in [1.165, 1.54) is 0 Å². The number of nitrogen functional groups attached to an aromatic ring is 1. The van der Waals surface area contributed by atoms with E-state index < -0.39 is 6.04 Å². The molecule has 0 aliphatic rings. The van der Waals surface area contributed by atoms with Crippen molar-refractivity contribution < 1.29 is 9.53 Å². The molecule has 2 N–H and O–H groups in total. The minimum Gasteiger partial charge on any atom is -0.491 e. The van der Waals surface area contributed by atoms with Crippen LogP contribution < -0.4 is 10.5 Å². The van der Waals surface area contributed by atoms with Crippen molar-refractivity contribution in [2.75, 3.05) is 26.4 Å². The summed E-state index contributed by atoms with van der Waals surface area (Å²) in [6, 6.07) is 5.24. The van der Waals surface area contributed by atoms with Crippen LogP contribution in [0.1, 0.15) is 26.3 Å². The van der Waals surface area contributed by atoms with E-state index >= 15 is 0 Å². The Labute approximate surface area is 124 Å². The first-order valence-electron chi connectivity index (χ1n) is 7.07. The number of carbonyl (C=O) groups excluding carboxylic acids is 1. The molecule has 6 nitrogen and oxygen atoms in total. The van der Waals surface area contributed by atoms with Gasteiger partial charge in [0, 0.05) is 14.1 Å². The second-order valence-corrected chi connectivity index (χ2v) is 5.22. The first-order valence-corrected chi connectivity index (χ1v) is 7.07. The van der Waals surface area contributed by atoms with E-state index in [1.807, 2.05) is 32.0 Å². The van der Waals surface area contributed by atoms with Crippen LogP contribution in [0.25, 0.3) is 11.0 Å². The predicted octanol–water partition coefficient (Wildman–Crippen LogP) is 2.06. The van der Waals surface area contributed by atoms with Crippen LogP contribution in [0, 0.1) is 0 Å². The Morgan fingerprint density at radius 3 is 2.81 bits per heavy atom. The third kappa shape index (κ3) is 2.79. The number of anilines is 1. The van der Waals surface area contributed by atoms with Gasteiger partial charge in [-0.2, -0.15) is 0 Å². The first kappa shape index (κ1) is 15.2. The molecule has 1 heterocycles. The third-order valence-electron chi connectivity index (χ3n) is 3.36. The molecule has 0 aliphatic heterocycles. The molecule has 1 unspecified atom stereocenters. The maximum atomic E-state index is 12.2. The zero-order chi connectivity index (χ0) is 15.6.